The molecular weight excluding hydrogens is 368 g/mol. The molecule has 1 amide bonds. The quantitative estimate of drug-likeness (QED) is 0.711. The Kier molecular flexibility index (Phi) is 5.91. The van der Waals surface area contributed by atoms with Gasteiger partial charge in [-0.3, -0.25) is 4.98 Å². The molecule has 1 saturated heterocycles. The van der Waals surface area contributed by atoms with Gasteiger partial charge in [-0.25, -0.2) is 9.59 Å². The zero-order valence-corrected chi connectivity index (χ0v) is 17.7. The molecule has 1 atom stereocenters. The lowest BCUT2D eigenvalue weighted by Crippen LogP contribution is -2.35. The van der Waals surface area contributed by atoms with Gasteiger partial charge >= 0.3 is 12.1 Å². The maximum atomic E-state index is 12.3. The molecule has 0 bridgehead atoms. The van der Waals surface area contributed by atoms with E-state index in [4.69, 9.17) is 9.47 Å². The number of nitrogens with zero attached hydrogens (tertiary/aromatic N) is 2. The summed E-state index contributed by atoms with van der Waals surface area (Å²) >= 11 is 0. The Bertz CT molecular complexity index is 917. The van der Waals surface area contributed by atoms with Crippen LogP contribution in [0.3, 0.4) is 0 Å². The van der Waals surface area contributed by atoms with Gasteiger partial charge in [-0.05, 0) is 75.6 Å². The highest BCUT2D eigenvalue weighted by Gasteiger charge is 2.30. The number of rotatable bonds is 3. The number of carbonyl (C=O) groups excluding carboxylic acids is 2. The van der Waals surface area contributed by atoms with Crippen LogP contribution >= 0.6 is 0 Å². The van der Waals surface area contributed by atoms with Crippen molar-refractivity contribution in [1.29, 1.82) is 0 Å². The molecule has 3 rings (SSSR count). The van der Waals surface area contributed by atoms with E-state index < -0.39 is 5.60 Å². The Balaban J connectivity index is 1.80. The molecule has 1 unspecified atom stereocenters. The average molecular weight is 396 g/mol. The summed E-state index contributed by atoms with van der Waals surface area (Å²) in [5.41, 5.74) is 3.77. The van der Waals surface area contributed by atoms with E-state index in [1.54, 1.807) is 23.2 Å². The van der Waals surface area contributed by atoms with Gasteiger partial charge in [0.2, 0.25) is 0 Å². The number of methoxy groups -OCH3 is 1. The summed E-state index contributed by atoms with van der Waals surface area (Å²) in [6, 6.07) is 9.63. The third-order valence-corrected chi connectivity index (χ3v) is 4.89. The van der Waals surface area contributed by atoms with Gasteiger partial charge < -0.3 is 14.4 Å². The minimum atomic E-state index is -0.498. The lowest BCUT2D eigenvalue weighted by Gasteiger charge is -2.24. The monoisotopic (exact) mass is 396 g/mol. The van der Waals surface area contributed by atoms with Crippen LogP contribution in [0.4, 0.5) is 4.79 Å². The fourth-order valence-corrected chi connectivity index (χ4v) is 3.55. The summed E-state index contributed by atoms with van der Waals surface area (Å²) in [6.07, 6.45) is 2.39. The number of pyridine rings is 1. The van der Waals surface area contributed by atoms with Crippen molar-refractivity contribution in [3.63, 3.8) is 0 Å². The largest absolute Gasteiger partial charge is 0.465 e. The molecule has 154 valence electrons. The molecule has 0 N–H and O–H groups in total. The van der Waals surface area contributed by atoms with E-state index in [-0.39, 0.29) is 18.0 Å². The predicted molar refractivity (Wildman–Crippen MR) is 111 cm³/mol. The molecule has 6 nitrogen and oxygen atoms in total. The van der Waals surface area contributed by atoms with Crippen molar-refractivity contribution in [1.82, 2.24) is 9.88 Å². The number of hydrogen-bond acceptors (Lipinski definition) is 5. The number of amides is 1. The van der Waals surface area contributed by atoms with Crippen LogP contribution in [0.15, 0.2) is 36.5 Å². The first-order valence-electron chi connectivity index (χ1n) is 9.80. The molecule has 29 heavy (non-hydrogen) atoms. The highest BCUT2D eigenvalue weighted by molar-refractivity contribution is 5.91. The average Bonchev–Trinajstić information content (AvgIpc) is 3.16. The lowest BCUT2D eigenvalue weighted by molar-refractivity contribution is 0.0292. The number of carbonyl (C=O) groups is 2. The van der Waals surface area contributed by atoms with E-state index in [0.29, 0.717) is 18.7 Å². The molecule has 6 heteroatoms. The van der Waals surface area contributed by atoms with Crippen LogP contribution in [0, 0.1) is 6.92 Å². The van der Waals surface area contributed by atoms with Crippen LogP contribution in [0.2, 0.25) is 0 Å². The molecule has 1 aromatic heterocycles. The maximum Gasteiger partial charge on any atom is 0.410 e. The Morgan fingerprint density at radius 1 is 1.17 bits per heavy atom. The third kappa shape index (κ3) is 5.13. The molecule has 0 radical (unpaired) electrons. The van der Waals surface area contributed by atoms with Gasteiger partial charge in [0.1, 0.15) is 5.60 Å². The van der Waals surface area contributed by atoms with E-state index in [1.165, 1.54) is 7.11 Å². The lowest BCUT2D eigenvalue weighted by atomic mass is 9.96. The van der Waals surface area contributed by atoms with Crippen molar-refractivity contribution in [2.75, 3.05) is 20.2 Å². The summed E-state index contributed by atoms with van der Waals surface area (Å²) < 4.78 is 10.3. The fourth-order valence-electron chi connectivity index (χ4n) is 3.55. The van der Waals surface area contributed by atoms with Crippen LogP contribution in [-0.2, 0) is 9.47 Å². The Hall–Kier alpha value is -2.89. The van der Waals surface area contributed by atoms with Crippen molar-refractivity contribution in [2.24, 2.45) is 0 Å². The summed E-state index contributed by atoms with van der Waals surface area (Å²) in [5.74, 6) is -0.135. The Morgan fingerprint density at radius 3 is 2.62 bits per heavy atom. The van der Waals surface area contributed by atoms with Crippen LogP contribution in [0.5, 0.6) is 0 Å². The molecule has 0 saturated carbocycles. The standard InChI is InChI=1S/C23H28N2O4/c1-15-10-18(12-19(11-15)21(26)28-5)20-13-16(6-8-24-20)17-7-9-25(14-17)22(27)29-23(2,3)4/h6,8,10-13,17H,7,9,14H2,1-5H3. The Labute approximate surface area is 171 Å². The predicted octanol–water partition coefficient (Wildman–Crippen LogP) is 4.57. The van der Waals surface area contributed by atoms with E-state index in [2.05, 4.69) is 4.98 Å². The summed E-state index contributed by atoms with van der Waals surface area (Å²) in [5, 5.41) is 0. The summed E-state index contributed by atoms with van der Waals surface area (Å²) in [7, 11) is 1.37. The van der Waals surface area contributed by atoms with Crippen LogP contribution < -0.4 is 0 Å². The second-order valence-electron chi connectivity index (χ2n) is 8.47. The Morgan fingerprint density at radius 2 is 1.93 bits per heavy atom. The molecular formula is C23H28N2O4. The molecule has 1 aliphatic rings. The first-order valence-corrected chi connectivity index (χ1v) is 9.80. The number of likely N-dealkylation sites (tertiary alicyclic amines) is 1. The van der Waals surface area contributed by atoms with Gasteiger partial charge in [0.25, 0.3) is 0 Å². The minimum Gasteiger partial charge on any atom is -0.465 e. The molecule has 0 aliphatic carbocycles. The van der Waals surface area contributed by atoms with Gasteiger partial charge in [-0.2, -0.15) is 0 Å². The van der Waals surface area contributed by atoms with E-state index in [9.17, 15) is 9.59 Å². The first kappa shape index (κ1) is 20.8. The topological polar surface area (TPSA) is 68.7 Å². The fraction of sp³-hybridized carbons (Fsp3) is 0.435. The highest BCUT2D eigenvalue weighted by atomic mass is 16.6. The second kappa shape index (κ2) is 8.23. The van der Waals surface area contributed by atoms with Crippen LogP contribution in [0.25, 0.3) is 11.3 Å². The molecule has 2 heterocycles. The third-order valence-electron chi connectivity index (χ3n) is 4.89. The van der Waals surface area contributed by atoms with Gasteiger partial charge in [0.05, 0.1) is 18.4 Å². The second-order valence-corrected chi connectivity index (χ2v) is 8.47. The number of ether oxygens (including phenoxy) is 2. The van der Waals surface area contributed by atoms with Gasteiger partial charge in [0, 0.05) is 30.8 Å². The van der Waals surface area contributed by atoms with E-state index in [0.717, 1.165) is 28.8 Å². The van der Waals surface area contributed by atoms with E-state index in [1.807, 2.05) is 45.9 Å². The van der Waals surface area contributed by atoms with Crippen molar-refractivity contribution in [3.8, 4) is 11.3 Å². The smallest absolute Gasteiger partial charge is 0.410 e. The molecule has 1 aromatic carbocycles. The van der Waals surface area contributed by atoms with Crippen LogP contribution in [0.1, 0.15) is 54.6 Å². The first-order chi connectivity index (χ1) is 13.7. The zero-order valence-electron chi connectivity index (χ0n) is 17.7. The molecule has 1 aliphatic heterocycles. The summed E-state index contributed by atoms with van der Waals surface area (Å²) in [6.45, 7) is 8.86. The normalized spacial score (nSPS) is 16.6. The summed E-state index contributed by atoms with van der Waals surface area (Å²) in [4.78, 5) is 30.5. The highest BCUT2D eigenvalue weighted by Crippen LogP contribution is 2.31. The number of benzene rings is 1. The van der Waals surface area contributed by atoms with Crippen molar-refractivity contribution >= 4 is 12.1 Å². The molecule has 2 aromatic rings. The number of aryl methyl sites for hydroxylation is 1. The van der Waals surface area contributed by atoms with Gasteiger partial charge in [-0.15, -0.1) is 0 Å². The molecule has 1 fully saturated rings. The number of hydrogen-bond donors (Lipinski definition) is 0. The van der Waals surface area contributed by atoms with Crippen molar-refractivity contribution in [2.45, 2.75) is 45.6 Å². The zero-order chi connectivity index (χ0) is 21.2. The van der Waals surface area contributed by atoms with Crippen molar-refractivity contribution < 1.29 is 19.1 Å². The maximum absolute atomic E-state index is 12.3. The van der Waals surface area contributed by atoms with E-state index >= 15 is 0 Å². The van der Waals surface area contributed by atoms with Crippen molar-refractivity contribution in [3.05, 3.63) is 53.2 Å². The molecule has 0 spiro atoms. The number of aromatic nitrogens is 1. The van der Waals surface area contributed by atoms with Crippen LogP contribution in [-0.4, -0.2) is 47.7 Å². The van der Waals surface area contributed by atoms with Gasteiger partial charge in [0.15, 0.2) is 0 Å². The SMILES string of the molecule is COC(=O)c1cc(C)cc(-c2cc(C3CCN(C(=O)OC(C)(C)C)C3)ccn2)c1. The minimum absolute atomic E-state index is 0.231. The number of esters is 1. The van der Waals surface area contributed by atoms with Gasteiger partial charge in [-0.1, -0.05) is 0 Å².